The van der Waals surface area contributed by atoms with Crippen LogP contribution in [-0.2, 0) is 0 Å². The zero-order valence-electron chi connectivity index (χ0n) is 20.3. The average molecular weight is 655 g/mol. The molecule has 0 fully saturated rings. The molecule has 0 amide bonds. The molecular weight excluding hydrogens is 628 g/mol. The number of ketones is 3. The monoisotopic (exact) mass is 656 g/mol. The van der Waals surface area contributed by atoms with Gasteiger partial charge in [-0.1, -0.05) is 90.0 Å². The number of rotatable bonds is 12. The maximum absolute atomic E-state index is 12.8. The Labute approximate surface area is 261 Å². The Bertz CT molecular complexity index is 1130. The van der Waals surface area contributed by atoms with Crippen LogP contribution < -0.4 is 32.5 Å². The van der Waals surface area contributed by atoms with Crippen LogP contribution in [0.2, 0.25) is 0 Å². The van der Waals surface area contributed by atoms with Gasteiger partial charge in [-0.3, -0.25) is 19.3 Å². The van der Waals surface area contributed by atoms with E-state index in [0.29, 0.717) is 0 Å². The molecule has 0 aliphatic heterocycles. The minimum atomic E-state index is -1.21. The van der Waals surface area contributed by atoms with E-state index in [9.17, 15) is 29.7 Å². The first-order valence-electron chi connectivity index (χ1n) is 11.5. The summed E-state index contributed by atoms with van der Waals surface area (Å²) in [4.78, 5) is 40.0. The van der Waals surface area contributed by atoms with Gasteiger partial charge >= 0.3 is 49.4 Å². The van der Waals surface area contributed by atoms with Gasteiger partial charge in [0, 0.05) is 36.3 Å². The van der Waals surface area contributed by atoms with E-state index < -0.39 is 52.7 Å². The fourth-order valence-corrected chi connectivity index (χ4v) is 3.92. The molecule has 0 aliphatic rings. The standard InChI is InChI=1S/C27H30N4O6.Eu/c28-19(25(35)16-7-1-4-10-22(16)32)13-31(14-20(29)26(36)17-8-2-5-11-23(17)33)15-21(30)27(37)18-9-3-6-12-24(18)34;/h1-12,19-21,32-34H,13-15,28-30H2;/q;+3/p-3. The summed E-state index contributed by atoms with van der Waals surface area (Å²) in [5.41, 5.74) is 18.0. The minimum absolute atomic E-state index is 0. The number of carbonyl (C=O) groups is 3. The Hall–Kier alpha value is -2.51. The van der Waals surface area contributed by atoms with Crippen LogP contribution in [-0.4, -0.2) is 60.0 Å². The third-order valence-electron chi connectivity index (χ3n) is 5.83. The number of nitrogens with zero attached hydrogens (tertiary/aromatic N) is 1. The van der Waals surface area contributed by atoms with Gasteiger partial charge in [-0.2, -0.15) is 0 Å². The molecule has 3 unspecified atom stereocenters. The van der Waals surface area contributed by atoms with Gasteiger partial charge < -0.3 is 32.5 Å². The molecule has 0 aliphatic carbocycles. The molecule has 198 valence electrons. The van der Waals surface area contributed by atoms with Crippen molar-refractivity contribution in [2.75, 3.05) is 19.6 Å². The molecule has 0 heterocycles. The van der Waals surface area contributed by atoms with Gasteiger partial charge in [0.15, 0.2) is 17.3 Å². The maximum Gasteiger partial charge on any atom is 3.00 e. The van der Waals surface area contributed by atoms with E-state index in [-0.39, 0.29) is 85.7 Å². The van der Waals surface area contributed by atoms with Crippen LogP contribution >= 0.6 is 0 Å². The van der Waals surface area contributed by atoms with Gasteiger partial charge in [-0.15, -0.1) is 0 Å². The molecule has 0 aromatic heterocycles. The van der Waals surface area contributed by atoms with Crippen LogP contribution in [0.3, 0.4) is 0 Å². The third kappa shape index (κ3) is 8.00. The van der Waals surface area contributed by atoms with Crippen molar-refractivity contribution in [3.63, 3.8) is 0 Å². The van der Waals surface area contributed by atoms with E-state index >= 15 is 0 Å². The molecule has 0 saturated heterocycles. The first-order chi connectivity index (χ1) is 17.6. The van der Waals surface area contributed by atoms with Gasteiger partial charge in [-0.25, -0.2) is 0 Å². The summed E-state index contributed by atoms with van der Waals surface area (Å²) in [5.74, 6) is -3.38. The molecule has 10 nitrogen and oxygen atoms in total. The Balaban J connectivity index is 0.00000507. The van der Waals surface area contributed by atoms with Gasteiger partial charge in [0.05, 0.1) is 18.1 Å². The van der Waals surface area contributed by atoms with Gasteiger partial charge in [0.1, 0.15) is 0 Å². The molecule has 6 N–H and O–H groups in total. The van der Waals surface area contributed by atoms with Crippen molar-refractivity contribution in [1.29, 1.82) is 0 Å². The van der Waals surface area contributed by atoms with Crippen LogP contribution in [0.5, 0.6) is 17.2 Å². The summed E-state index contributed by atoms with van der Waals surface area (Å²) in [5, 5.41) is 36.3. The topological polar surface area (TPSA) is 202 Å². The second kappa shape index (κ2) is 14.6. The predicted molar refractivity (Wildman–Crippen MR) is 131 cm³/mol. The summed E-state index contributed by atoms with van der Waals surface area (Å²) in [7, 11) is 0. The predicted octanol–water partition coefficient (Wildman–Crippen LogP) is -0.860. The fraction of sp³-hybridized carbons (Fsp3) is 0.222. The molecule has 3 aromatic rings. The quantitative estimate of drug-likeness (QED) is 0.206. The molecule has 0 spiro atoms. The zero-order chi connectivity index (χ0) is 27.1. The van der Waals surface area contributed by atoms with E-state index in [2.05, 4.69) is 0 Å². The first kappa shape index (κ1) is 31.7. The number of nitrogens with two attached hydrogens (primary N) is 3. The van der Waals surface area contributed by atoms with Crippen LogP contribution in [0.1, 0.15) is 31.1 Å². The summed E-state index contributed by atoms with van der Waals surface area (Å²) < 4.78 is 0. The second-order valence-corrected chi connectivity index (χ2v) is 8.62. The van der Waals surface area contributed by atoms with Crippen molar-refractivity contribution in [3.05, 3.63) is 89.5 Å². The average Bonchev–Trinajstić information content (AvgIpc) is 2.88. The molecule has 0 radical (unpaired) electrons. The van der Waals surface area contributed by atoms with Gasteiger partial charge in [0.2, 0.25) is 0 Å². The number of hydrogen-bond donors (Lipinski definition) is 3. The Morgan fingerprint density at radius 3 is 1.03 bits per heavy atom. The van der Waals surface area contributed by atoms with Crippen molar-refractivity contribution in [3.8, 4) is 17.2 Å². The number of carbonyl (C=O) groups excluding carboxylic acids is 3. The molecule has 3 aromatic carbocycles. The van der Waals surface area contributed by atoms with Crippen LogP contribution in [0, 0.1) is 49.4 Å². The summed E-state index contributed by atoms with van der Waals surface area (Å²) in [6.07, 6.45) is 0. The Kier molecular flexibility index (Phi) is 12.2. The molecule has 0 bridgehead atoms. The number of para-hydroxylation sites is 3. The van der Waals surface area contributed by atoms with Crippen molar-refractivity contribution < 1.29 is 79.1 Å². The molecular formula is C27H27EuN4O6. The van der Waals surface area contributed by atoms with E-state index in [1.165, 1.54) is 77.7 Å². The first-order valence-corrected chi connectivity index (χ1v) is 11.5. The van der Waals surface area contributed by atoms with E-state index in [0.717, 1.165) is 0 Å². The SMILES string of the molecule is NC(CN(CC(N)C(=O)c1ccccc1[O-])CC(N)C(=O)c1ccccc1[O-])C(=O)c1ccccc1[O-].[Eu+3]. The summed E-state index contributed by atoms with van der Waals surface area (Å²) in [6.45, 7) is -0.604. The van der Waals surface area contributed by atoms with E-state index in [4.69, 9.17) is 17.2 Å². The van der Waals surface area contributed by atoms with Crippen LogP contribution in [0.4, 0.5) is 0 Å². The molecule has 11 heteroatoms. The van der Waals surface area contributed by atoms with Crippen molar-refractivity contribution >= 4 is 17.3 Å². The summed E-state index contributed by atoms with van der Waals surface area (Å²) >= 11 is 0. The smallest absolute Gasteiger partial charge is 0.872 e. The van der Waals surface area contributed by atoms with Crippen LogP contribution in [0.15, 0.2) is 72.8 Å². The van der Waals surface area contributed by atoms with E-state index in [1.807, 2.05) is 0 Å². The number of hydrogen-bond acceptors (Lipinski definition) is 10. The largest absolute Gasteiger partial charge is 3.00 e. The van der Waals surface area contributed by atoms with Crippen molar-refractivity contribution in [2.45, 2.75) is 18.1 Å². The fourth-order valence-electron chi connectivity index (χ4n) is 3.92. The normalized spacial score (nSPS) is 13.3. The Morgan fingerprint density at radius 2 is 0.789 bits per heavy atom. The number of benzene rings is 3. The minimum Gasteiger partial charge on any atom is -0.872 e. The molecule has 3 rings (SSSR count). The van der Waals surface area contributed by atoms with E-state index in [1.54, 1.807) is 0 Å². The molecule has 38 heavy (non-hydrogen) atoms. The van der Waals surface area contributed by atoms with Crippen molar-refractivity contribution in [1.82, 2.24) is 4.90 Å². The van der Waals surface area contributed by atoms with Crippen LogP contribution in [0.25, 0.3) is 0 Å². The van der Waals surface area contributed by atoms with Gasteiger partial charge in [0.25, 0.3) is 0 Å². The Morgan fingerprint density at radius 1 is 0.553 bits per heavy atom. The van der Waals surface area contributed by atoms with Crippen molar-refractivity contribution in [2.24, 2.45) is 17.2 Å². The van der Waals surface area contributed by atoms with Gasteiger partial charge in [-0.05, 0) is 0 Å². The molecule has 0 saturated carbocycles. The summed E-state index contributed by atoms with van der Waals surface area (Å²) in [6, 6.07) is 13.2. The third-order valence-corrected chi connectivity index (χ3v) is 5.83. The maximum atomic E-state index is 12.8. The number of Topliss-reactive ketones (excluding diaryl/α,β-unsaturated/α-hetero) is 3. The zero-order valence-corrected chi connectivity index (χ0v) is 22.7. The molecule has 3 atom stereocenters. The second-order valence-electron chi connectivity index (χ2n) is 8.62.